The highest BCUT2D eigenvalue weighted by molar-refractivity contribution is 6.18. The molecule has 0 amide bonds. The fourth-order valence-corrected chi connectivity index (χ4v) is 6.83. The largest absolute Gasteiger partial charge is 0.306 e. The van der Waals surface area contributed by atoms with E-state index in [4.69, 9.17) is 0 Å². The molecule has 0 atom stereocenters. The highest BCUT2D eigenvalue weighted by Gasteiger charge is 2.25. The third-order valence-electron chi connectivity index (χ3n) is 8.79. The van der Waals surface area contributed by atoms with Crippen LogP contribution in [-0.2, 0) is 0 Å². The summed E-state index contributed by atoms with van der Waals surface area (Å²) in [5.41, 5.74) is 6.28. The molecule has 0 fully saturated rings. The van der Waals surface area contributed by atoms with Gasteiger partial charge in [0.2, 0.25) is 0 Å². The van der Waals surface area contributed by atoms with Gasteiger partial charge >= 0.3 is 0 Å². The highest BCUT2D eigenvalue weighted by Crippen LogP contribution is 2.37. The number of pyridine rings is 3. The van der Waals surface area contributed by atoms with Crippen LogP contribution in [0.4, 0.5) is 0 Å². The molecule has 43 heavy (non-hydrogen) atoms. The Morgan fingerprint density at radius 2 is 0.535 bits per heavy atom. The summed E-state index contributed by atoms with van der Waals surface area (Å²) in [6.07, 6.45) is 0. The van der Waals surface area contributed by atoms with Crippen molar-refractivity contribution in [3.8, 4) is 33.4 Å². The molecular weight excluding hydrogens is 530 g/mol. The van der Waals surface area contributed by atoms with Crippen molar-refractivity contribution in [1.29, 1.82) is 0 Å². The fourth-order valence-electron chi connectivity index (χ4n) is 6.83. The maximum atomic E-state index is 14.4. The molecule has 0 aliphatic rings. The molecule has 9 rings (SSSR count). The van der Waals surface area contributed by atoms with Gasteiger partial charge < -0.3 is 4.40 Å². The molecule has 0 saturated heterocycles. The molecule has 0 radical (unpaired) electrons. The zero-order valence-electron chi connectivity index (χ0n) is 22.8. The Kier molecular flexibility index (Phi) is 4.74. The predicted octanol–water partition coefficient (Wildman–Crippen LogP) is 7.95. The second-order valence-corrected chi connectivity index (χ2v) is 11.2. The van der Waals surface area contributed by atoms with Gasteiger partial charge in [0.15, 0.2) is 16.3 Å². The predicted molar refractivity (Wildman–Crippen MR) is 176 cm³/mol. The van der Waals surface area contributed by atoms with Crippen LogP contribution in [0.15, 0.2) is 142 Å². The first-order chi connectivity index (χ1) is 21.1. The lowest BCUT2D eigenvalue weighted by atomic mass is 9.91. The van der Waals surface area contributed by atoms with E-state index < -0.39 is 0 Å². The summed E-state index contributed by atoms with van der Waals surface area (Å²) in [5, 5.41) is 2.79. The molecule has 200 valence electrons. The normalized spacial score (nSPS) is 12.0. The average molecular weight is 552 g/mol. The molecule has 4 nitrogen and oxygen atoms in total. The zero-order valence-corrected chi connectivity index (χ0v) is 22.8. The quantitative estimate of drug-likeness (QED) is 0.165. The Hall–Kier alpha value is -5.87. The van der Waals surface area contributed by atoms with Gasteiger partial charge in [-0.05, 0) is 69.8 Å². The number of rotatable bonds is 3. The minimum atomic E-state index is -0.187. The van der Waals surface area contributed by atoms with E-state index in [-0.39, 0.29) is 16.3 Å². The van der Waals surface area contributed by atoms with Crippen LogP contribution in [0.5, 0.6) is 0 Å². The summed E-state index contributed by atoms with van der Waals surface area (Å²) in [6.45, 7) is 0. The first-order valence-electron chi connectivity index (χ1n) is 14.2. The average Bonchev–Trinajstić information content (AvgIpc) is 3.07. The summed E-state index contributed by atoms with van der Waals surface area (Å²) in [7, 11) is 0. The van der Waals surface area contributed by atoms with Crippen molar-refractivity contribution in [3.05, 3.63) is 158 Å². The van der Waals surface area contributed by atoms with Gasteiger partial charge in [0.1, 0.15) is 0 Å². The molecule has 4 heteroatoms. The van der Waals surface area contributed by atoms with Crippen LogP contribution in [0.1, 0.15) is 0 Å². The fraction of sp³-hybridized carbons (Fsp3) is 0. The Morgan fingerprint density at radius 3 is 0.767 bits per heavy atom. The number of benzene rings is 6. The van der Waals surface area contributed by atoms with E-state index in [1.54, 1.807) is 0 Å². The minimum Gasteiger partial charge on any atom is -0.306 e. The standard InChI is InChI=1S/C39H21NO3/c41-37-28-16-25(22-10-4-1-5-11-22)17-29-34(28)40-35-30(37)18-26(23-12-6-2-7-13-23)20-32(35)39(43)33-21-27(24-14-8-3-9-15-24)19-31(36(33)40)38(29)42/h1-21H. The van der Waals surface area contributed by atoms with Gasteiger partial charge in [0.25, 0.3) is 0 Å². The summed E-state index contributed by atoms with van der Waals surface area (Å²) in [4.78, 5) is 43.2. The second kappa shape index (κ2) is 8.57. The lowest BCUT2D eigenvalue weighted by Crippen LogP contribution is -2.19. The van der Waals surface area contributed by atoms with E-state index in [1.165, 1.54) is 0 Å². The van der Waals surface area contributed by atoms with Crippen molar-refractivity contribution >= 4 is 48.9 Å². The monoisotopic (exact) mass is 551 g/mol. The van der Waals surface area contributed by atoms with E-state index in [1.807, 2.05) is 132 Å². The van der Waals surface area contributed by atoms with Crippen molar-refractivity contribution in [1.82, 2.24) is 4.40 Å². The van der Waals surface area contributed by atoms with Crippen LogP contribution in [0, 0.1) is 0 Å². The number of hydrogen-bond acceptors (Lipinski definition) is 3. The van der Waals surface area contributed by atoms with Crippen molar-refractivity contribution in [2.24, 2.45) is 0 Å². The molecule has 0 saturated carbocycles. The molecule has 3 aromatic heterocycles. The van der Waals surface area contributed by atoms with Gasteiger partial charge in [-0.25, -0.2) is 0 Å². The molecule has 0 bridgehead atoms. The zero-order chi connectivity index (χ0) is 28.8. The van der Waals surface area contributed by atoms with Gasteiger partial charge in [-0.15, -0.1) is 0 Å². The summed E-state index contributed by atoms with van der Waals surface area (Å²) in [6, 6.07) is 40.7. The Labute approximate surface area is 244 Å². The molecule has 0 aliphatic carbocycles. The Bertz CT molecular complexity index is 2290. The van der Waals surface area contributed by atoms with Crippen molar-refractivity contribution in [3.63, 3.8) is 0 Å². The topological polar surface area (TPSA) is 55.6 Å². The Balaban J connectivity index is 1.57. The third kappa shape index (κ3) is 3.23. The van der Waals surface area contributed by atoms with Gasteiger partial charge in [-0.2, -0.15) is 0 Å². The van der Waals surface area contributed by atoms with Gasteiger partial charge in [-0.1, -0.05) is 91.0 Å². The Morgan fingerprint density at radius 1 is 0.302 bits per heavy atom. The molecule has 0 spiro atoms. The summed E-state index contributed by atoms with van der Waals surface area (Å²) < 4.78 is 2.00. The van der Waals surface area contributed by atoms with Crippen LogP contribution >= 0.6 is 0 Å². The van der Waals surface area contributed by atoms with Crippen LogP contribution in [0.2, 0.25) is 0 Å². The summed E-state index contributed by atoms with van der Waals surface area (Å²) >= 11 is 0. The van der Waals surface area contributed by atoms with Gasteiger partial charge in [0.05, 0.1) is 16.6 Å². The van der Waals surface area contributed by atoms with E-state index in [2.05, 4.69) is 0 Å². The smallest absolute Gasteiger partial charge is 0.197 e. The summed E-state index contributed by atoms with van der Waals surface area (Å²) in [5.74, 6) is 0. The van der Waals surface area contributed by atoms with Gasteiger partial charge in [-0.3, -0.25) is 14.4 Å². The lowest BCUT2D eigenvalue weighted by Gasteiger charge is -2.20. The minimum absolute atomic E-state index is 0.187. The molecule has 0 aliphatic heterocycles. The number of nitrogens with zero attached hydrogens (tertiary/aromatic N) is 1. The van der Waals surface area contributed by atoms with Crippen molar-refractivity contribution in [2.45, 2.75) is 0 Å². The molecule has 9 aromatic rings. The second-order valence-electron chi connectivity index (χ2n) is 11.2. The molecule has 0 N–H and O–H groups in total. The van der Waals surface area contributed by atoms with Crippen molar-refractivity contribution < 1.29 is 0 Å². The first kappa shape index (κ1) is 23.8. The molecule has 3 heterocycles. The van der Waals surface area contributed by atoms with E-state index in [0.717, 1.165) is 33.4 Å². The maximum absolute atomic E-state index is 14.4. The van der Waals surface area contributed by atoms with Crippen LogP contribution in [0.25, 0.3) is 82.2 Å². The lowest BCUT2D eigenvalue weighted by molar-refractivity contribution is 1.31. The van der Waals surface area contributed by atoms with Gasteiger partial charge in [0, 0.05) is 32.3 Å². The first-order valence-corrected chi connectivity index (χ1v) is 14.2. The van der Waals surface area contributed by atoms with E-state index >= 15 is 0 Å². The number of aromatic nitrogens is 1. The highest BCUT2D eigenvalue weighted by atomic mass is 16.1. The third-order valence-corrected chi connectivity index (χ3v) is 8.79. The van der Waals surface area contributed by atoms with Crippen LogP contribution < -0.4 is 16.3 Å². The molecule has 0 unspecified atom stereocenters. The van der Waals surface area contributed by atoms with Crippen LogP contribution in [-0.4, -0.2) is 4.40 Å². The maximum Gasteiger partial charge on any atom is 0.197 e. The van der Waals surface area contributed by atoms with Crippen molar-refractivity contribution in [2.75, 3.05) is 0 Å². The van der Waals surface area contributed by atoms with E-state index in [9.17, 15) is 14.4 Å². The van der Waals surface area contributed by atoms with Crippen LogP contribution in [0.3, 0.4) is 0 Å². The SMILES string of the molecule is O=c1c2cc(-c3ccccc3)cc3c(=O)c4cc(-c5ccccc5)cc5c(=O)c6cc(-c7ccccc7)cc1c6n(c23)c45. The van der Waals surface area contributed by atoms with E-state index in [0.29, 0.717) is 48.9 Å². The molecule has 6 aromatic carbocycles. The number of hydrogen-bond donors (Lipinski definition) is 0. The molecular formula is C39H21NO3.